The van der Waals surface area contributed by atoms with Gasteiger partial charge >= 0.3 is 5.97 Å². The van der Waals surface area contributed by atoms with Crippen molar-refractivity contribution in [3.8, 4) is 0 Å². The van der Waals surface area contributed by atoms with Crippen LogP contribution in [0.5, 0.6) is 0 Å². The molecule has 0 atom stereocenters. The first-order chi connectivity index (χ1) is 8.13. The first-order valence-corrected chi connectivity index (χ1v) is 5.85. The largest absolute Gasteiger partial charge is 0.478 e. The fourth-order valence-corrected chi connectivity index (χ4v) is 2.05. The molecular weight excluding hydrogens is 218 g/mol. The van der Waals surface area contributed by atoms with Crippen LogP contribution in [0.4, 0.5) is 5.69 Å². The van der Waals surface area contributed by atoms with Gasteiger partial charge in [-0.1, -0.05) is 6.07 Å². The molecule has 0 aliphatic heterocycles. The van der Waals surface area contributed by atoms with Gasteiger partial charge in [-0.3, -0.25) is 0 Å². The van der Waals surface area contributed by atoms with E-state index in [4.69, 9.17) is 5.11 Å². The monoisotopic (exact) mass is 235 g/mol. The van der Waals surface area contributed by atoms with Gasteiger partial charge in [0, 0.05) is 12.6 Å². The molecule has 2 N–H and O–H groups in total. The molecule has 1 aromatic carbocycles. The Balaban J connectivity index is 2.39. The van der Waals surface area contributed by atoms with E-state index in [0.29, 0.717) is 18.2 Å². The first kappa shape index (κ1) is 11.9. The zero-order chi connectivity index (χ0) is 12.4. The minimum atomic E-state index is -0.913. The van der Waals surface area contributed by atoms with Gasteiger partial charge in [-0.25, -0.2) is 4.79 Å². The molecule has 0 spiro atoms. The lowest BCUT2D eigenvalue weighted by molar-refractivity contribution is 0.0697. The Bertz CT molecular complexity index is 427. The van der Waals surface area contributed by atoms with E-state index in [-0.39, 0.29) is 6.61 Å². The number of carbonyl (C=O) groups is 1. The zero-order valence-electron chi connectivity index (χ0n) is 9.89. The summed E-state index contributed by atoms with van der Waals surface area (Å²) >= 11 is 0. The van der Waals surface area contributed by atoms with Crippen LogP contribution < -0.4 is 4.90 Å². The molecule has 0 unspecified atom stereocenters. The predicted molar refractivity (Wildman–Crippen MR) is 65.6 cm³/mol. The van der Waals surface area contributed by atoms with Crippen molar-refractivity contribution in [2.75, 3.05) is 18.1 Å². The molecule has 0 radical (unpaired) electrons. The SMILES string of the molecule is Cc1ccc(C(=O)O)c(N(CCO)C2CC2)c1. The van der Waals surface area contributed by atoms with Crippen LogP contribution in [-0.2, 0) is 0 Å². The van der Waals surface area contributed by atoms with E-state index in [9.17, 15) is 9.90 Å². The third-order valence-corrected chi connectivity index (χ3v) is 3.02. The molecule has 2 rings (SSSR count). The quantitative estimate of drug-likeness (QED) is 0.814. The lowest BCUT2D eigenvalue weighted by atomic mass is 10.1. The molecule has 0 saturated heterocycles. The van der Waals surface area contributed by atoms with E-state index >= 15 is 0 Å². The van der Waals surface area contributed by atoms with Crippen molar-refractivity contribution in [2.45, 2.75) is 25.8 Å². The van der Waals surface area contributed by atoms with Crippen LogP contribution in [-0.4, -0.2) is 35.4 Å². The number of aliphatic hydroxyl groups excluding tert-OH is 1. The van der Waals surface area contributed by atoms with Gasteiger partial charge in [-0.2, -0.15) is 0 Å². The molecule has 0 bridgehead atoms. The molecule has 1 aliphatic carbocycles. The summed E-state index contributed by atoms with van der Waals surface area (Å²) in [6.45, 7) is 2.48. The summed E-state index contributed by atoms with van der Waals surface area (Å²) in [6.07, 6.45) is 2.15. The number of hydrogen-bond acceptors (Lipinski definition) is 3. The number of rotatable bonds is 5. The molecule has 1 aromatic rings. The standard InChI is InChI=1S/C13H17NO3/c1-9-2-5-11(13(16)17)12(8-9)14(6-7-15)10-3-4-10/h2,5,8,10,15H,3-4,6-7H2,1H3,(H,16,17). The Labute approximate surface area is 100 Å². The molecule has 0 amide bonds. The maximum absolute atomic E-state index is 11.2. The summed E-state index contributed by atoms with van der Waals surface area (Å²) in [7, 11) is 0. The number of carboxylic acid groups (broad SMARTS) is 1. The van der Waals surface area contributed by atoms with Crippen molar-refractivity contribution >= 4 is 11.7 Å². The van der Waals surface area contributed by atoms with Crippen LogP contribution in [0.15, 0.2) is 18.2 Å². The van der Waals surface area contributed by atoms with Crippen LogP contribution in [0.1, 0.15) is 28.8 Å². The fourth-order valence-electron chi connectivity index (χ4n) is 2.05. The lowest BCUT2D eigenvalue weighted by Crippen LogP contribution is -2.30. The van der Waals surface area contributed by atoms with Crippen molar-refractivity contribution in [1.29, 1.82) is 0 Å². The third-order valence-electron chi connectivity index (χ3n) is 3.02. The van der Waals surface area contributed by atoms with Crippen molar-refractivity contribution in [1.82, 2.24) is 0 Å². The maximum atomic E-state index is 11.2. The van der Waals surface area contributed by atoms with Gasteiger partial charge in [-0.05, 0) is 37.5 Å². The van der Waals surface area contributed by atoms with Crippen LogP contribution in [0.2, 0.25) is 0 Å². The summed E-state index contributed by atoms with van der Waals surface area (Å²) in [5.74, 6) is -0.913. The van der Waals surface area contributed by atoms with E-state index in [0.717, 1.165) is 24.1 Å². The Morgan fingerprint density at radius 1 is 1.47 bits per heavy atom. The second kappa shape index (κ2) is 4.75. The smallest absolute Gasteiger partial charge is 0.337 e. The van der Waals surface area contributed by atoms with Crippen molar-refractivity contribution in [2.24, 2.45) is 0 Å². The van der Waals surface area contributed by atoms with Gasteiger partial charge in [0.15, 0.2) is 0 Å². The summed E-state index contributed by atoms with van der Waals surface area (Å²) in [5.41, 5.74) is 2.08. The highest BCUT2D eigenvalue weighted by atomic mass is 16.4. The normalized spacial score (nSPS) is 14.7. The number of aryl methyl sites for hydroxylation is 1. The maximum Gasteiger partial charge on any atom is 0.337 e. The number of aromatic carboxylic acids is 1. The number of nitrogens with zero attached hydrogens (tertiary/aromatic N) is 1. The molecule has 1 aliphatic rings. The summed E-state index contributed by atoms with van der Waals surface area (Å²) < 4.78 is 0. The summed E-state index contributed by atoms with van der Waals surface area (Å²) in [4.78, 5) is 13.2. The minimum Gasteiger partial charge on any atom is -0.478 e. The van der Waals surface area contributed by atoms with Gasteiger partial charge in [0.05, 0.1) is 17.9 Å². The highest BCUT2D eigenvalue weighted by molar-refractivity contribution is 5.94. The average molecular weight is 235 g/mol. The second-order valence-electron chi connectivity index (χ2n) is 4.47. The number of aliphatic hydroxyl groups is 1. The van der Waals surface area contributed by atoms with Gasteiger partial charge in [0.2, 0.25) is 0 Å². The van der Waals surface area contributed by atoms with E-state index in [1.165, 1.54) is 0 Å². The number of benzene rings is 1. The van der Waals surface area contributed by atoms with Crippen LogP contribution in [0.3, 0.4) is 0 Å². The van der Waals surface area contributed by atoms with Gasteiger partial charge in [0.25, 0.3) is 0 Å². The number of hydrogen-bond donors (Lipinski definition) is 2. The Hall–Kier alpha value is -1.55. The van der Waals surface area contributed by atoms with Gasteiger partial charge in [0.1, 0.15) is 0 Å². The van der Waals surface area contributed by atoms with Crippen LogP contribution in [0, 0.1) is 6.92 Å². The molecule has 4 nitrogen and oxygen atoms in total. The van der Waals surface area contributed by atoms with Crippen LogP contribution in [0.25, 0.3) is 0 Å². The second-order valence-corrected chi connectivity index (χ2v) is 4.47. The van der Waals surface area contributed by atoms with E-state index in [2.05, 4.69) is 0 Å². The van der Waals surface area contributed by atoms with Gasteiger partial charge in [-0.15, -0.1) is 0 Å². The molecule has 0 heterocycles. The molecule has 4 heteroatoms. The molecule has 1 saturated carbocycles. The first-order valence-electron chi connectivity index (χ1n) is 5.85. The molecule has 92 valence electrons. The van der Waals surface area contributed by atoms with Crippen molar-refractivity contribution in [3.05, 3.63) is 29.3 Å². The average Bonchev–Trinajstić information content (AvgIpc) is 3.09. The van der Waals surface area contributed by atoms with E-state index < -0.39 is 5.97 Å². The molecule has 17 heavy (non-hydrogen) atoms. The van der Waals surface area contributed by atoms with Crippen molar-refractivity contribution in [3.63, 3.8) is 0 Å². The summed E-state index contributed by atoms with van der Waals surface area (Å²) in [5, 5.41) is 18.3. The molecule has 0 aromatic heterocycles. The van der Waals surface area contributed by atoms with Crippen molar-refractivity contribution < 1.29 is 15.0 Å². The molecule has 1 fully saturated rings. The topological polar surface area (TPSA) is 60.8 Å². The highest BCUT2D eigenvalue weighted by Gasteiger charge is 2.31. The third kappa shape index (κ3) is 2.58. The lowest BCUT2D eigenvalue weighted by Gasteiger charge is -2.25. The Morgan fingerprint density at radius 2 is 2.18 bits per heavy atom. The Kier molecular flexibility index (Phi) is 3.33. The summed E-state index contributed by atoms with van der Waals surface area (Å²) in [6, 6.07) is 5.72. The van der Waals surface area contributed by atoms with E-state index in [1.807, 2.05) is 17.9 Å². The zero-order valence-corrected chi connectivity index (χ0v) is 9.89. The van der Waals surface area contributed by atoms with E-state index in [1.54, 1.807) is 12.1 Å². The highest BCUT2D eigenvalue weighted by Crippen LogP contribution is 2.33. The number of anilines is 1. The van der Waals surface area contributed by atoms with Crippen LogP contribution >= 0.6 is 0 Å². The number of carboxylic acids is 1. The Morgan fingerprint density at radius 3 is 2.71 bits per heavy atom. The fraction of sp³-hybridized carbons (Fsp3) is 0.462. The minimum absolute atomic E-state index is 0.0451. The molecular formula is C13H17NO3. The van der Waals surface area contributed by atoms with Gasteiger partial charge < -0.3 is 15.1 Å². The predicted octanol–water partition coefficient (Wildman–Crippen LogP) is 1.65.